The van der Waals surface area contributed by atoms with E-state index in [-0.39, 0.29) is 12.1 Å². The number of nitrogens with two attached hydrogens (primary N) is 1. The molecule has 1 unspecified atom stereocenters. The fourth-order valence-corrected chi connectivity index (χ4v) is 1.42. The summed E-state index contributed by atoms with van der Waals surface area (Å²) in [4.78, 5) is 0. The molecule has 1 rings (SSSR count). The maximum Gasteiger partial charge on any atom is 0.127 e. The van der Waals surface area contributed by atoms with E-state index in [2.05, 4.69) is 0 Å². The topological polar surface area (TPSA) is 53.7 Å². The predicted molar refractivity (Wildman–Crippen MR) is 67.6 cm³/mol. The lowest BCUT2D eigenvalue weighted by Crippen LogP contribution is -2.17. The van der Waals surface area contributed by atoms with Crippen molar-refractivity contribution in [2.45, 2.75) is 26.0 Å². The first-order chi connectivity index (χ1) is 8.08. The lowest BCUT2D eigenvalue weighted by atomic mass is 10.1. The van der Waals surface area contributed by atoms with E-state index in [0.717, 1.165) is 17.1 Å². The highest BCUT2D eigenvalue weighted by Gasteiger charge is 2.11. The van der Waals surface area contributed by atoms with Crippen LogP contribution < -0.4 is 15.2 Å². The van der Waals surface area contributed by atoms with Crippen molar-refractivity contribution in [3.63, 3.8) is 0 Å². The molecule has 2 atom stereocenters. The van der Waals surface area contributed by atoms with Crippen LogP contribution in [-0.2, 0) is 4.74 Å². The molecule has 0 spiro atoms. The summed E-state index contributed by atoms with van der Waals surface area (Å²) in [5.74, 6) is 1.51. The van der Waals surface area contributed by atoms with Gasteiger partial charge < -0.3 is 19.9 Å². The number of hydrogen-bond acceptors (Lipinski definition) is 4. The fraction of sp³-hybridized carbons (Fsp3) is 0.538. The van der Waals surface area contributed by atoms with E-state index in [1.165, 1.54) is 0 Å². The average Bonchev–Trinajstić information content (AvgIpc) is 2.35. The molecule has 0 saturated heterocycles. The highest BCUT2D eigenvalue weighted by molar-refractivity contribution is 5.42. The molecule has 1 aromatic rings. The molecule has 17 heavy (non-hydrogen) atoms. The van der Waals surface area contributed by atoms with Gasteiger partial charge in [0, 0.05) is 24.8 Å². The highest BCUT2D eigenvalue weighted by atomic mass is 16.5. The van der Waals surface area contributed by atoms with Crippen LogP contribution in [0.25, 0.3) is 0 Å². The Morgan fingerprint density at radius 1 is 1.24 bits per heavy atom. The summed E-state index contributed by atoms with van der Waals surface area (Å²) < 4.78 is 16.0. The van der Waals surface area contributed by atoms with Gasteiger partial charge in [-0.2, -0.15) is 0 Å². The van der Waals surface area contributed by atoms with Gasteiger partial charge in [0.2, 0.25) is 0 Å². The molecular formula is C13H21NO3. The van der Waals surface area contributed by atoms with Gasteiger partial charge >= 0.3 is 0 Å². The number of hydrogen-bond donors (Lipinski definition) is 1. The molecule has 0 radical (unpaired) electrons. The quantitative estimate of drug-likeness (QED) is 0.826. The van der Waals surface area contributed by atoms with Crippen molar-refractivity contribution in [1.82, 2.24) is 0 Å². The third-order valence-electron chi connectivity index (χ3n) is 2.59. The van der Waals surface area contributed by atoms with Crippen molar-refractivity contribution in [2.24, 2.45) is 5.73 Å². The summed E-state index contributed by atoms with van der Waals surface area (Å²) >= 11 is 0. The number of benzene rings is 1. The molecular weight excluding hydrogens is 218 g/mol. The Labute approximate surface area is 103 Å². The second-order valence-corrected chi connectivity index (χ2v) is 4.05. The van der Waals surface area contributed by atoms with Gasteiger partial charge in [-0.05, 0) is 19.9 Å². The molecule has 0 fully saturated rings. The maximum absolute atomic E-state index is 5.89. The average molecular weight is 239 g/mol. The molecule has 4 heteroatoms. The Hall–Kier alpha value is -1.26. The molecule has 96 valence electrons. The summed E-state index contributed by atoms with van der Waals surface area (Å²) in [6.45, 7) is 4.36. The number of rotatable bonds is 6. The smallest absolute Gasteiger partial charge is 0.127 e. The van der Waals surface area contributed by atoms with Crippen LogP contribution >= 0.6 is 0 Å². The van der Waals surface area contributed by atoms with Crippen LogP contribution in [-0.4, -0.2) is 26.9 Å². The van der Waals surface area contributed by atoms with E-state index in [9.17, 15) is 0 Å². The largest absolute Gasteiger partial charge is 0.497 e. The minimum Gasteiger partial charge on any atom is -0.497 e. The van der Waals surface area contributed by atoms with Crippen LogP contribution in [0.4, 0.5) is 0 Å². The van der Waals surface area contributed by atoms with Gasteiger partial charge in [0.05, 0.1) is 13.2 Å². The number of methoxy groups -OCH3 is 2. The van der Waals surface area contributed by atoms with Crippen molar-refractivity contribution in [3.8, 4) is 11.5 Å². The van der Waals surface area contributed by atoms with Crippen molar-refractivity contribution in [1.29, 1.82) is 0 Å². The minimum atomic E-state index is -0.0752. The van der Waals surface area contributed by atoms with Crippen molar-refractivity contribution in [2.75, 3.05) is 20.8 Å². The summed E-state index contributed by atoms with van der Waals surface area (Å²) in [6, 6.07) is 5.58. The van der Waals surface area contributed by atoms with Gasteiger partial charge in [0.1, 0.15) is 18.1 Å². The molecule has 2 N–H and O–H groups in total. The SMILES string of the molecule is COc1ccc([C@H](C)N)c(OCC(C)OC)c1. The molecule has 0 aromatic heterocycles. The molecule has 0 bridgehead atoms. The Morgan fingerprint density at radius 2 is 1.94 bits per heavy atom. The molecule has 0 aliphatic carbocycles. The third-order valence-corrected chi connectivity index (χ3v) is 2.59. The van der Waals surface area contributed by atoms with E-state index in [1.807, 2.05) is 32.0 Å². The van der Waals surface area contributed by atoms with E-state index >= 15 is 0 Å². The maximum atomic E-state index is 5.89. The van der Waals surface area contributed by atoms with Gasteiger partial charge in [-0.25, -0.2) is 0 Å². The zero-order valence-electron chi connectivity index (χ0n) is 10.9. The van der Waals surface area contributed by atoms with Crippen LogP contribution in [0.15, 0.2) is 18.2 Å². The Balaban J connectivity index is 2.85. The van der Waals surface area contributed by atoms with Gasteiger partial charge in [-0.3, -0.25) is 0 Å². The van der Waals surface area contributed by atoms with Gasteiger partial charge in [0.15, 0.2) is 0 Å². The predicted octanol–water partition coefficient (Wildman–Crippen LogP) is 2.13. The van der Waals surface area contributed by atoms with Crippen LogP contribution in [0, 0.1) is 0 Å². The molecule has 0 saturated carbocycles. The second-order valence-electron chi connectivity index (χ2n) is 4.05. The standard InChI is InChI=1S/C13H21NO3/c1-9(15-3)8-17-13-7-11(16-4)5-6-12(13)10(2)14/h5-7,9-10H,8,14H2,1-4H3/t9?,10-/m0/s1. The van der Waals surface area contributed by atoms with Crippen molar-refractivity contribution in [3.05, 3.63) is 23.8 Å². The van der Waals surface area contributed by atoms with E-state index in [0.29, 0.717) is 6.61 Å². The lowest BCUT2D eigenvalue weighted by Gasteiger charge is -2.17. The van der Waals surface area contributed by atoms with Crippen LogP contribution in [0.2, 0.25) is 0 Å². The summed E-state index contributed by atoms with van der Waals surface area (Å²) in [7, 11) is 3.29. The second kappa shape index (κ2) is 6.47. The number of ether oxygens (including phenoxy) is 3. The zero-order chi connectivity index (χ0) is 12.8. The fourth-order valence-electron chi connectivity index (χ4n) is 1.42. The molecule has 4 nitrogen and oxygen atoms in total. The first kappa shape index (κ1) is 13.8. The van der Waals surface area contributed by atoms with Crippen molar-refractivity contribution < 1.29 is 14.2 Å². The Bertz CT molecular complexity index is 353. The van der Waals surface area contributed by atoms with Crippen LogP contribution in [0.1, 0.15) is 25.5 Å². The highest BCUT2D eigenvalue weighted by Crippen LogP contribution is 2.28. The van der Waals surface area contributed by atoms with E-state index in [1.54, 1.807) is 14.2 Å². The van der Waals surface area contributed by atoms with Gasteiger partial charge in [0.25, 0.3) is 0 Å². The zero-order valence-corrected chi connectivity index (χ0v) is 10.9. The first-order valence-electron chi connectivity index (χ1n) is 5.67. The molecule has 0 amide bonds. The van der Waals surface area contributed by atoms with Gasteiger partial charge in [-0.15, -0.1) is 0 Å². The lowest BCUT2D eigenvalue weighted by molar-refractivity contribution is 0.0711. The minimum absolute atomic E-state index is 0.0436. The first-order valence-corrected chi connectivity index (χ1v) is 5.67. The Morgan fingerprint density at radius 3 is 2.47 bits per heavy atom. The Kier molecular flexibility index (Phi) is 5.25. The van der Waals surface area contributed by atoms with Crippen molar-refractivity contribution >= 4 is 0 Å². The normalized spacial score (nSPS) is 14.2. The molecule has 0 heterocycles. The monoisotopic (exact) mass is 239 g/mol. The summed E-state index contributed by atoms with van der Waals surface area (Å²) in [5.41, 5.74) is 6.86. The molecule has 0 aliphatic heterocycles. The van der Waals surface area contributed by atoms with E-state index in [4.69, 9.17) is 19.9 Å². The summed E-state index contributed by atoms with van der Waals surface area (Å²) in [6.07, 6.45) is 0.0436. The van der Waals surface area contributed by atoms with Gasteiger partial charge in [-0.1, -0.05) is 6.07 Å². The van der Waals surface area contributed by atoms with Crippen LogP contribution in [0.5, 0.6) is 11.5 Å². The third kappa shape index (κ3) is 3.91. The molecule has 0 aliphatic rings. The molecule has 1 aromatic carbocycles. The summed E-state index contributed by atoms with van der Waals surface area (Å²) in [5, 5.41) is 0. The van der Waals surface area contributed by atoms with E-state index < -0.39 is 0 Å². The van der Waals surface area contributed by atoms with Crippen LogP contribution in [0.3, 0.4) is 0 Å².